The van der Waals surface area contributed by atoms with Crippen LogP contribution < -0.4 is 10.6 Å². The number of aromatic nitrogens is 1. The van der Waals surface area contributed by atoms with Gasteiger partial charge in [-0.25, -0.2) is 9.37 Å². The molecule has 0 bridgehead atoms. The van der Waals surface area contributed by atoms with Crippen LogP contribution in [-0.4, -0.2) is 24.5 Å². The molecule has 0 aliphatic heterocycles. The van der Waals surface area contributed by atoms with Gasteiger partial charge in [-0.2, -0.15) is 0 Å². The Balaban J connectivity index is 2.57. The lowest BCUT2D eigenvalue weighted by molar-refractivity contribution is -0.128. The van der Waals surface area contributed by atoms with Gasteiger partial charge in [0.05, 0.1) is 11.6 Å². The third-order valence-electron chi connectivity index (χ3n) is 2.28. The molecular weight excluding hydrogens is 209 g/mol. The van der Waals surface area contributed by atoms with Crippen LogP contribution in [0.4, 0.5) is 10.2 Å². The van der Waals surface area contributed by atoms with Crippen LogP contribution in [0.1, 0.15) is 13.8 Å². The summed E-state index contributed by atoms with van der Waals surface area (Å²) in [6, 6.07) is 2.86. The van der Waals surface area contributed by atoms with E-state index in [1.165, 1.54) is 12.1 Å². The van der Waals surface area contributed by atoms with E-state index in [1.807, 2.05) is 13.8 Å². The molecule has 0 radical (unpaired) electrons. The van der Waals surface area contributed by atoms with Crippen molar-refractivity contribution in [3.63, 3.8) is 0 Å². The van der Waals surface area contributed by atoms with Crippen LogP contribution in [0.15, 0.2) is 18.3 Å². The SMILES string of the molecule is CNC(=O)C(C)(C)CNc1ccc(F)cn1. The number of carbonyl (C=O) groups is 1. The summed E-state index contributed by atoms with van der Waals surface area (Å²) >= 11 is 0. The molecule has 1 heterocycles. The smallest absolute Gasteiger partial charge is 0.227 e. The van der Waals surface area contributed by atoms with E-state index in [0.29, 0.717) is 12.4 Å². The number of hydrogen-bond donors (Lipinski definition) is 2. The molecule has 16 heavy (non-hydrogen) atoms. The van der Waals surface area contributed by atoms with Crippen LogP contribution in [0.5, 0.6) is 0 Å². The molecular formula is C11H16FN3O. The van der Waals surface area contributed by atoms with Gasteiger partial charge in [0.15, 0.2) is 0 Å². The Hall–Kier alpha value is -1.65. The van der Waals surface area contributed by atoms with Crippen molar-refractivity contribution in [2.24, 2.45) is 5.41 Å². The highest BCUT2D eigenvalue weighted by Gasteiger charge is 2.26. The Bertz CT molecular complexity index is 362. The summed E-state index contributed by atoms with van der Waals surface area (Å²) in [5.74, 6) is 0.122. The minimum absolute atomic E-state index is 0.0536. The van der Waals surface area contributed by atoms with E-state index >= 15 is 0 Å². The van der Waals surface area contributed by atoms with Gasteiger partial charge >= 0.3 is 0 Å². The van der Waals surface area contributed by atoms with Crippen molar-refractivity contribution in [1.29, 1.82) is 0 Å². The van der Waals surface area contributed by atoms with Crippen molar-refractivity contribution in [3.8, 4) is 0 Å². The van der Waals surface area contributed by atoms with Gasteiger partial charge < -0.3 is 10.6 Å². The van der Waals surface area contributed by atoms with Crippen LogP contribution in [-0.2, 0) is 4.79 Å². The summed E-state index contributed by atoms with van der Waals surface area (Å²) in [6.45, 7) is 4.08. The fourth-order valence-electron chi connectivity index (χ4n) is 1.21. The molecule has 0 aromatic carbocycles. The van der Waals surface area contributed by atoms with Gasteiger partial charge in [0.1, 0.15) is 11.6 Å². The minimum atomic E-state index is -0.537. The van der Waals surface area contributed by atoms with Gasteiger partial charge in [0.25, 0.3) is 0 Å². The highest BCUT2D eigenvalue weighted by molar-refractivity contribution is 5.82. The van der Waals surface area contributed by atoms with E-state index in [2.05, 4.69) is 15.6 Å². The van der Waals surface area contributed by atoms with Crippen molar-refractivity contribution < 1.29 is 9.18 Å². The first kappa shape index (κ1) is 12.4. The number of anilines is 1. The highest BCUT2D eigenvalue weighted by atomic mass is 19.1. The molecule has 0 aliphatic rings. The third-order valence-corrected chi connectivity index (χ3v) is 2.28. The second-order valence-electron chi connectivity index (χ2n) is 4.18. The van der Waals surface area contributed by atoms with E-state index in [-0.39, 0.29) is 11.7 Å². The Morgan fingerprint density at radius 1 is 1.50 bits per heavy atom. The number of nitrogens with zero attached hydrogens (tertiary/aromatic N) is 1. The molecule has 2 N–H and O–H groups in total. The zero-order chi connectivity index (χ0) is 12.2. The summed E-state index contributed by atoms with van der Waals surface area (Å²) in [6.07, 6.45) is 1.13. The number of carbonyl (C=O) groups excluding carboxylic acids is 1. The van der Waals surface area contributed by atoms with E-state index in [4.69, 9.17) is 0 Å². The molecule has 0 atom stereocenters. The lowest BCUT2D eigenvalue weighted by Gasteiger charge is -2.23. The monoisotopic (exact) mass is 225 g/mol. The van der Waals surface area contributed by atoms with Crippen molar-refractivity contribution in [2.45, 2.75) is 13.8 Å². The molecule has 0 spiro atoms. The number of rotatable bonds is 4. The molecule has 1 rings (SSSR count). The Kier molecular flexibility index (Phi) is 3.82. The normalized spacial score (nSPS) is 11.0. The standard InChI is InChI=1S/C11H16FN3O/c1-11(2,10(16)13-3)7-15-9-5-4-8(12)6-14-9/h4-6H,7H2,1-3H3,(H,13,16)(H,14,15). The Morgan fingerprint density at radius 2 is 2.19 bits per heavy atom. The number of pyridine rings is 1. The maximum absolute atomic E-state index is 12.6. The summed E-state index contributed by atoms with van der Waals surface area (Å²) in [5, 5.41) is 5.58. The van der Waals surface area contributed by atoms with Crippen LogP contribution in [0.25, 0.3) is 0 Å². The van der Waals surface area contributed by atoms with Crippen LogP contribution in [0.2, 0.25) is 0 Å². The zero-order valence-corrected chi connectivity index (χ0v) is 9.67. The molecule has 0 saturated heterocycles. The van der Waals surface area contributed by atoms with Crippen molar-refractivity contribution in [1.82, 2.24) is 10.3 Å². The molecule has 0 saturated carbocycles. The second-order valence-corrected chi connectivity index (χ2v) is 4.18. The first-order valence-electron chi connectivity index (χ1n) is 5.03. The van der Waals surface area contributed by atoms with Gasteiger partial charge in [0, 0.05) is 13.6 Å². The van der Waals surface area contributed by atoms with Crippen LogP contribution in [0.3, 0.4) is 0 Å². The molecule has 0 fully saturated rings. The number of halogens is 1. The first-order chi connectivity index (χ1) is 7.45. The Labute approximate surface area is 94.3 Å². The van der Waals surface area contributed by atoms with Gasteiger partial charge in [-0.15, -0.1) is 0 Å². The maximum atomic E-state index is 12.6. The minimum Gasteiger partial charge on any atom is -0.369 e. The van der Waals surface area contributed by atoms with E-state index in [0.717, 1.165) is 6.20 Å². The molecule has 1 aromatic heterocycles. The van der Waals surface area contributed by atoms with Gasteiger partial charge in [-0.1, -0.05) is 0 Å². The van der Waals surface area contributed by atoms with E-state index < -0.39 is 5.41 Å². The molecule has 0 unspecified atom stereocenters. The molecule has 1 amide bonds. The predicted molar refractivity (Wildman–Crippen MR) is 60.5 cm³/mol. The van der Waals surface area contributed by atoms with E-state index in [9.17, 15) is 9.18 Å². The quantitative estimate of drug-likeness (QED) is 0.814. The summed E-state index contributed by atoms with van der Waals surface area (Å²) in [4.78, 5) is 15.3. The largest absolute Gasteiger partial charge is 0.369 e. The average Bonchev–Trinajstić information content (AvgIpc) is 2.27. The van der Waals surface area contributed by atoms with Crippen molar-refractivity contribution >= 4 is 11.7 Å². The third kappa shape index (κ3) is 3.18. The molecule has 5 heteroatoms. The highest BCUT2D eigenvalue weighted by Crippen LogP contribution is 2.16. The fraction of sp³-hybridized carbons (Fsp3) is 0.455. The predicted octanol–water partition coefficient (Wildman–Crippen LogP) is 1.40. The van der Waals surface area contributed by atoms with Gasteiger partial charge in [-0.3, -0.25) is 4.79 Å². The van der Waals surface area contributed by atoms with E-state index in [1.54, 1.807) is 7.05 Å². The van der Waals surface area contributed by atoms with Crippen LogP contribution in [0, 0.1) is 11.2 Å². The van der Waals surface area contributed by atoms with Crippen LogP contribution >= 0.6 is 0 Å². The van der Waals surface area contributed by atoms with Crippen molar-refractivity contribution in [2.75, 3.05) is 18.9 Å². The average molecular weight is 225 g/mol. The van der Waals surface area contributed by atoms with Gasteiger partial charge in [0.2, 0.25) is 5.91 Å². The molecule has 4 nitrogen and oxygen atoms in total. The zero-order valence-electron chi connectivity index (χ0n) is 9.67. The molecule has 1 aromatic rings. The maximum Gasteiger partial charge on any atom is 0.227 e. The Morgan fingerprint density at radius 3 is 2.69 bits per heavy atom. The summed E-state index contributed by atoms with van der Waals surface area (Å²) in [5.41, 5.74) is -0.537. The first-order valence-corrected chi connectivity index (χ1v) is 5.03. The lowest BCUT2D eigenvalue weighted by atomic mass is 9.92. The summed E-state index contributed by atoms with van der Waals surface area (Å²) < 4.78 is 12.6. The lowest BCUT2D eigenvalue weighted by Crippen LogP contribution is -2.39. The summed E-state index contributed by atoms with van der Waals surface area (Å²) in [7, 11) is 1.60. The molecule has 0 aliphatic carbocycles. The number of hydrogen-bond acceptors (Lipinski definition) is 3. The number of amides is 1. The number of nitrogens with one attached hydrogen (secondary N) is 2. The second kappa shape index (κ2) is 4.92. The topological polar surface area (TPSA) is 54.0 Å². The van der Waals surface area contributed by atoms with Crippen molar-refractivity contribution in [3.05, 3.63) is 24.1 Å². The molecule has 88 valence electrons. The van der Waals surface area contributed by atoms with Gasteiger partial charge in [-0.05, 0) is 26.0 Å². The fourth-order valence-corrected chi connectivity index (χ4v) is 1.21.